The first-order chi connectivity index (χ1) is 11.8. The summed E-state index contributed by atoms with van der Waals surface area (Å²) >= 11 is 1.13. The minimum Gasteiger partial charge on any atom is -0.491 e. The Morgan fingerprint density at radius 2 is 2.25 bits per heavy atom. The summed E-state index contributed by atoms with van der Waals surface area (Å²) in [4.78, 5) is 12.7. The summed E-state index contributed by atoms with van der Waals surface area (Å²) in [6, 6.07) is 7.75. The highest BCUT2D eigenvalue weighted by molar-refractivity contribution is 7.08. The van der Waals surface area contributed by atoms with Gasteiger partial charge in [-0.05, 0) is 48.5 Å². The van der Waals surface area contributed by atoms with E-state index >= 15 is 0 Å². The van der Waals surface area contributed by atoms with Crippen LogP contribution in [-0.4, -0.2) is 34.8 Å². The summed E-state index contributed by atoms with van der Waals surface area (Å²) in [5, 5.41) is 6.86. The Balaban J connectivity index is 1.48. The van der Waals surface area contributed by atoms with E-state index in [-0.39, 0.29) is 12.0 Å². The van der Waals surface area contributed by atoms with Crippen molar-refractivity contribution in [3.63, 3.8) is 0 Å². The van der Waals surface area contributed by atoms with E-state index in [4.69, 9.17) is 9.47 Å². The molecule has 0 radical (unpaired) electrons. The largest absolute Gasteiger partial charge is 0.491 e. The maximum Gasteiger partial charge on any atom is 0.265 e. The molecule has 0 bridgehead atoms. The van der Waals surface area contributed by atoms with E-state index in [9.17, 15) is 4.79 Å². The molecule has 24 heavy (non-hydrogen) atoms. The van der Waals surface area contributed by atoms with Crippen LogP contribution in [0.4, 0.5) is 0 Å². The molecule has 0 aliphatic carbocycles. The van der Waals surface area contributed by atoms with E-state index in [1.807, 2.05) is 31.2 Å². The van der Waals surface area contributed by atoms with Crippen molar-refractivity contribution in [3.05, 3.63) is 40.4 Å². The second kappa shape index (κ2) is 8.21. The Kier molecular flexibility index (Phi) is 5.77. The molecule has 1 aliphatic rings. The fraction of sp³-hybridized carbons (Fsp3) is 0.471. The molecule has 1 N–H and O–H groups in total. The number of aromatic nitrogens is 2. The lowest BCUT2D eigenvalue weighted by atomic mass is 10.2. The van der Waals surface area contributed by atoms with Crippen molar-refractivity contribution in [2.24, 2.45) is 0 Å². The van der Waals surface area contributed by atoms with Crippen molar-refractivity contribution in [1.82, 2.24) is 14.9 Å². The topological polar surface area (TPSA) is 73.3 Å². The van der Waals surface area contributed by atoms with Crippen molar-refractivity contribution in [2.45, 2.75) is 38.8 Å². The van der Waals surface area contributed by atoms with Gasteiger partial charge in [-0.1, -0.05) is 23.5 Å². The lowest BCUT2D eigenvalue weighted by molar-refractivity contribution is 0.0679. The summed E-state index contributed by atoms with van der Waals surface area (Å²) in [5.41, 5.74) is 1.76. The van der Waals surface area contributed by atoms with Gasteiger partial charge in [0.15, 0.2) is 0 Å². The first-order valence-corrected chi connectivity index (χ1v) is 8.96. The third-order valence-corrected chi connectivity index (χ3v) is 4.70. The standard InChI is InChI=1S/C17H21N3O3S/c1-2-15-16(24-20-19-15)17(21)18-10-12-5-7-13(8-6-12)23-11-14-4-3-9-22-14/h5-8,14H,2-4,9-11H2,1H3,(H,18,21)/t14-/m0/s1. The van der Waals surface area contributed by atoms with Crippen molar-refractivity contribution < 1.29 is 14.3 Å². The van der Waals surface area contributed by atoms with Gasteiger partial charge in [-0.2, -0.15) is 0 Å². The average Bonchev–Trinajstić information content (AvgIpc) is 3.29. The number of ether oxygens (including phenoxy) is 2. The molecule has 1 aliphatic heterocycles. The summed E-state index contributed by atoms with van der Waals surface area (Å²) < 4.78 is 15.1. The SMILES string of the molecule is CCc1nnsc1C(=O)NCc1ccc(OC[C@@H]2CCCO2)cc1. The zero-order chi connectivity index (χ0) is 16.8. The molecule has 128 valence electrons. The first kappa shape index (κ1) is 16.9. The number of carbonyl (C=O) groups is 1. The van der Waals surface area contributed by atoms with Crippen molar-refractivity contribution in [2.75, 3.05) is 13.2 Å². The molecule has 2 aromatic rings. The molecule has 6 nitrogen and oxygen atoms in total. The van der Waals surface area contributed by atoms with Gasteiger partial charge in [0.2, 0.25) is 0 Å². The molecule has 7 heteroatoms. The molecule has 1 aromatic carbocycles. The van der Waals surface area contributed by atoms with Crippen molar-refractivity contribution in [1.29, 1.82) is 0 Å². The summed E-state index contributed by atoms with van der Waals surface area (Å²) in [7, 11) is 0. The van der Waals surface area contributed by atoms with E-state index in [1.165, 1.54) is 0 Å². The summed E-state index contributed by atoms with van der Waals surface area (Å²) in [5.74, 6) is 0.695. The third kappa shape index (κ3) is 4.30. The van der Waals surface area contributed by atoms with Crippen LogP contribution in [0.1, 0.15) is 40.7 Å². The highest BCUT2D eigenvalue weighted by Gasteiger charge is 2.16. The van der Waals surface area contributed by atoms with Crippen LogP contribution in [0.5, 0.6) is 5.75 Å². The fourth-order valence-electron chi connectivity index (χ4n) is 2.54. The van der Waals surface area contributed by atoms with Crippen LogP contribution < -0.4 is 10.1 Å². The highest BCUT2D eigenvalue weighted by Crippen LogP contribution is 2.17. The second-order valence-electron chi connectivity index (χ2n) is 5.67. The minimum atomic E-state index is -0.124. The Labute approximate surface area is 145 Å². The van der Waals surface area contributed by atoms with Gasteiger partial charge in [0.05, 0.1) is 11.8 Å². The second-order valence-corrected chi connectivity index (χ2v) is 6.43. The Morgan fingerprint density at radius 3 is 2.96 bits per heavy atom. The predicted molar refractivity (Wildman–Crippen MR) is 91.4 cm³/mol. The molecule has 2 heterocycles. The molecule has 1 aromatic heterocycles. The van der Waals surface area contributed by atoms with E-state index in [0.29, 0.717) is 24.4 Å². The number of benzene rings is 1. The summed E-state index contributed by atoms with van der Waals surface area (Å²) in [6.45, 7) is 3.85. The lowest BCUT2D eigenvalue weighted by Gasteiger charge is -2.12. The molecule has 0 spiro atoms. The number of nitrogens with one attached hydrogen (secondary N) is 1. The predicted octanol–water partition coefficient (Wildman–Crippen LogP) is 2.59. The number of rotatable bonds is 7. The van der Waals surface area contributed by atoms with Gasteiger partial charge in [-0.3, -0.25) is 4.79 Å². The Hall–Kier alpha value is -1.99. The molecule has 0 saturated carbocycles. The van der Waals surface area contributed by atoms with Gasteiger partial charge in [-0.15, -0.1) is 5.10 Å². The molecule has 0 unspecified atom stereocenters. The number of hydrogen-bond acceptors (Lipinski definition) is 6. The fourth-order valence-corrected chi connectivity index (χ4v) is 3.21. The van der Waals surface area contributed by atoms with Crippen LogP contribution in [0.3, 0.4) is 0 Å². The van der Waals surface area contributed by atoms with Crippen LogP contribution in [0.25, 0.3) is 0 Å². The van der Waals surface area contributed by atoms with Crippen LogP contribution in [0.2, 0.25) is 0 Å². The zero-order valence-corrected chi connectivity index (χ0v) is 14.5. The third-order valence-electron chi connectivity index (χ3n) is 3.93. The zero-order valence-electron chi connectivity index (χ0n) is 13.7. The highest BCUT2D eigenvalue weighted by atomic mass is 32.1. The molecule has 1 fully saturated rings. The summed E-state index contributed by atoms with van der Waals surface area (Å²) in [6.07, 6.45) is 3.10. The van der Waals surface area contributed by atoms with Gasteiger partial charge in [-0.25, -0.2) is 0 Å². The number of aryl methyl sites for hydroxylation is 1. The number of amides is 1. The normalized spacial score (nSPS) is 17.0. The monoisotopic (exact) mass is 347 g/mol. The van der Waals surface area contributed by atoms with Crippen LogP contribution in [0, 0.1) is 0 Å². The van der Waals surface area contributed by atoms with E-state index in [2.05, 4.69) is 14.9 Å². The molecular weight excluding hydrogens is 326 g/mol. The average molecular weight is 347 g/mol. The molecule has 3 rings (SSSR count). The van der Waals surface area contributed by atoms with Gasteiger partial charge in [0.1, 0.15) is 17.2 Å². The van der Waals surface area contributed by atoms with Crippen molar-refractivity contribution in [3.8, 4) is 5.75 Å². The number of hydrogen-bond donors (Lipinski definition) is 1. The smallest absolute Gasteiger partial charge is 0.265 e. The van der Waals surface area contributed by atoms with E-state index < -0.39 is 0 Å². The van der Waals surface area contributed by atoms with E-state index in [0.717, 1.165) is 48.0 Å². The maximum absolute atomic E-state index is 12.2. The Morgan fingerprint density at radius 1 is 1.42 bits per heavy atom. The van der Waals surface area contributed by atoms with Crippen LogP contribution >= 0.6 is 11.5 Å². The van der Waals surface area contributed by atoms with Crippen LogP contribution in [-0.2, 0) is 17.7 Å². The molecule has 1 amide bonds. The quantitative estimate of drug-likeness (QED) is 0.833. The molecular formula is C17H21N3O3S. The first-order valence-electron chi connectivity index (χ1n) is 8.19. The van der Waals surface area contributed by atoms with Crippen LogP contribution in [0.15, 0.2) is 24.3 Å². The van der Waals surface area contributed by atoms with Gasteiger partial charge in [0, 0.05) is 13.2 Å². The number of nitrogens with zero attached hydrogens (tertiary/aromatic N) is 2. The van der Waals surface area contributed by atoms with Gasteiger partial charge >= 0.3 is 0 Å². The molecule has 1 saturated heterocycles. The minimum absolute atomic E-state index is 0.124. The lowest BCUT2D eigenvalue weighted by Crippen LogP contribution is -2.22. The van der Waals surface area contributed by atoms with Gasteiger partial charge < -0.3 is 14.8 Å². The van der Waals surface area contributed by atoms with Crippen molar-refractivity contribution >= 4 is 17.4 Å². The van der Waals surface area contributed by atoms with Gasteiger partial charge in [0.25, 0.3) is 5.91 Å². The number of carbonyl (C=O) groups excluding carboxylic acids is 1. The Bertz CT molecular complexity index is 666. The molecule has 1 atom stereocenters. The maximum atomic E-state index is 12.2. The van der Waals surface area contributed by atoms with E-state index in [1.54, 1.807) is 0 Å².